The Hall–Kier alpha value is -3.31. The van der Waals surface area contributed by atoms with Crippen LogP contribution in [-0.4, -0.2) is 31.2 Å². The van der Waals surface area contributed by atoms with Crippen LogP contribution in [0.5, 0.6) is 0 Å². The lowest BCUT2D eigenvalue weighted by Gasteiger charge is -2.35. The minimum atomic E-state index is 0.200. The summed E-state index contributed by atoms with van der Waals surface area (Å²) >= 11 is 0. The van der Waals surface area contributed by atoms with Crippen LogP contribution in [0.25, 0.3) is 11.4 Å². The number of hydrogen-bond acceptors (Lipinski definition) is 4. The molecule has 0 N–H and O–H groups in total. The molecular weight excluding hydrogens is 358 g/mol. The lowest BCUT2D eigenvalue weighted by atomic mass is 9.96. The zero-order valence-corrected chi connectivity index (χ0v) is 16.4. The zero-order chi connectivity index (χ0) is 19.6. The minimum absolute atomic E-state index is 0.200. The van der Waals surface area contributed by atoms with Crippen molar-refractivity contribution in [1.82, 2.24) is 24.6 Å². The van der Waals surface area contributed by atoms with Crippen molar-refractivity contribution in [2.24, 2.45) is 0 Å². The van der Waals surface area contributed by atoms with E-state index in [4.69, 9.17) is 0 Å². The molecule has 1 aliphatic rings. The predicted molar refractivity (Wildman–Crippen MR) is 113 cm³/mol. The number of fused-ring (bicyclic) bond motifs is 1. The molecular formula is C24H23N5. The molecule has 0 radical (unpaired) electrons. The first-order chi connectivity index (χ1) is 14.3. The predicted octanol–water partition coefficient (Wildman–Crippen LogP) is 4.25. The normalized spacial score (nSPS) is 14.1. The van der Waals surface area contributed by atoms with Crippen LogP contribution in [0.3, 0.4) is 0 Å². The van der Waals surface area contributed by atoms with Crippen molar-refractivity contribution in [2.45, 2.75) is 26.1 Å². The Kier molecular flexibility index (Phi) is 4.66. The standard InChI is InChI=1S/C24H23N5/c1-18-21(13-8-14-25-18)24-27-26-22-17-28(15-16-29(22)24)23(19-9-4-2-5-10-19)20-11-6-3-7-12-20/h2-14,23H,15-17H2,1H3. The van der Waals surface area contributed by atoms with Crippen LogP contribution in [0.1, 0.15) is 28.7 Å². The molecule has 0 fully saturated rings. The molecule has 0 bridgehead atoms. The van der Waals surface area contributed by atoms with Gasteiger partial charge >= 0.3 is 0 Å². The Morgan fingerprint density at radius 1 is 0.793 bits per heavy atom. The molecule has 0 aliphatic carbocycles. The molecule has 5 heteroatoms. The van der Waals surface area contributed by atoms with E-state index in [2.05, 4.69) is 91.4 Å². The third-order valence-corrected chi connectivity index (χ3v) is 5.63. The van der Waals surface area contributed by atoms with Gasteiger partial charge in [-0.05, 0) is 30.2 Å². The Morgan fingerprint density at radius 3 is 2.14 bits per heavy atom. The third kappa shape index (κ3) is 3.34. The topological polar surface area (TPSA) is 46.8 Å². The SMILES string of the molecule is Cc1ncccc1-c1nnc2n1CCN(C(c1ccccc1)c1ccccc1)C2. The molecule has 2 aromatic carbocycles. The largest absolute Gasteiger partial charge is 0.309 e. The summed E-state index contributed by atoms with van der Waals surface area (Å²) < 4.78 is 2.24. The Morgan fingerprint density at radius 2 is 1.48 bits per heavy atom. The maximum absolute atomic E-state index is 4.54. The molecule has 4 aromatic rings. The van der Waals surface area contributed by atoms with Crippen LogP contribution in [-0.2, 0) is 13.1 Å². The lowest BCUT2D eigenvalue weighted by molar-refractivity contribution is 0.176. The molecule has 2 aromatic heterocycles. The van der Waals surface area contributed by atoms with E-state index in [1.165, 1.54) is 11.1 Å². The number of rotatable bonds is 4. The molecule has 0 amide bonds. The highest BCUT2D eigenvalue weighted by molar-refractivity contribution is 5.58. The average molecular weight is 381 g/mol. The van der Waals surface area contributed by atoms with Gasteiger partial charge in [0, 0.05) is 30.5 Å². The summed E-state index contributed by atoms with van der Waals surface area (Å²) in [5.41, 5.74) is 4.64. The van der Waals surface area contributed by atoms with Gasteiger partial charge in [-0.25, -0.2) is 0 Å². The van der Waals surface area contributed by atoms with Crippen LogP contribution < -0.4 is 0 Å². The van der Waals surface area contributed by atoms with Crippen LogP contribution in [0.15, 0.2) is 79.0 Å². The van der Waals surface area contributed by atoms with Crippen molar-refractivity contribution in [3.8, 4) is 11.4 Å². The maximum Gasteiger partial charge on any atom is 0.165 e. The number of hydrogen-bond donors (Lipinski definition) is 0. The van der Waals surface area contributed by atoms with E-state index in [-0.39, 0.29) is 6.04 Å². The van der Waals surface area contributed by atoms with Crippen LogP contribution in [0.4, 0.5) is 0 Å². The summed E-state index contributed by atoms with van der Waals surface area (Å²) in [6, 6.07) is 25.7. The fourth-order valence-corrected chi connectivity index (χ4v) is 4.20. The molecule has 3 heterocycles. The Labute approximate surface area is 170 Å². The summed E-state index contributed by atoms with van der Waals surface area (Å²) in [5, 5.41) is 9.05. The second kappa shape index (κ2) is 7.60. The first-order valence-electron chi connectivity index (χ1n) is 9.99. The fraction of sp³-hybridized carbons (Fsp3) is 0.208. The molecule has 0 saturated carbocycles. The van der Waals surface area contributed by atoms with Crippen molar-refractivity contribution in [3.63, 3.8) is 0 Å². The average Bonchev–Trinajstić information content (AvgIpc) is 3.19. The second-order valence-corrected chi connectivity index (χ2v) is 7.42. The summed E-state index contributed by atoms with van der Waals surface area (Å²) in [5.74, 6) is 1.92. The van der Waals surface area contributed by atoms with E-state index in [9.17, 15) is 0 Å². The number of benzene rings is 2. The molecule has 1 aliphatic heterocycles. The van der Waals surface area contributed by atoms with Crippen molar-refractivity contribution >= 4 is 0 Å². The molecule has 29 heavy (non-hydrogen) atoms. The summed E-state index contributed by atoms with van der Waals surface area (Å²) in [6.45, 7) is 4.58. The summed E-state index contributed by atoms with van der Waals surface area (Å²) in [6.07, 6.45) is 1.82. The van der Waals surface area contributed by atoms with Gasteiger partial charge in [-0.15, -0.1) is 10.2 Å². The summed E-state index contributed by atoms with van der Waals surface area (Å²) in [4.78, 5) is 6.91. The summed E-state index contributed by atoms with van der Waals surface area (Å²) in [7, 11) is 0. The van der Waals surface area contributed by atoms with E-state index >= 15 is 0 Å². The van der Waals surface area contributed by atoms with Crippen LogP contribution in [0, 0.1) is 6.92 Å². The number of aromatic nitrogens is 4. The molecule has 0 spiro atoms. The van der Waals surface area contributed by atoms with Gasteiger partial charge in [-0.2, -0.15) is 0 Å². The van der Waals surface area contributed by atoms with E-state index in [0.717, 1.165) is 42.5 Å². The zero-order valence-electron chi connectivity index (χ0n) is 16.4. The van der Waals surface area contributed by atoms with Gasteiger partial charge in [0.15, 0.2) is 5.82 Å². The van der Waals surface area contributed by atoms with Crippen molar-refractivity contribution in [2.75, 3.05) is 6.54 Å². The number of nitrogens with zero attached hydrogens (tertiary/aromatic N) is 5. The van der Waals surface area contributed by atoms with E-state index in [1.807, 2.05) is 19.2 Å². The fourth-order valence-electron chi connectivity index (χ4n) is 4.20. The van der Waals surface area contributed by atoms with Gasteiger partial charge in [0.2, 0.25) is 0 Å². The smallest absolute Gasteiger partial charge is 0.165 e. The first kappa shape index (κ1) is 17.8. The van der Waals surface area contributed by atoms with Gasteiger partial charge in [0.25, 0.3) is 0 Å². The molecule has 0 atom stereocenters. The van der Waals surface area contributed by atoms with Crippen LogP contribution >= 0.6 is 0 Å². The molecule has 5 rings (SSSR count). The van der Waals surface area contributed by atoms with Gasteiger partial charge in [0.1, 0.15) is 5.82 Å². The molecule has 0 unspecified atom stereocenters. The van der Waals surface area contributed by atoms with E-state index < -0.39 is 0 Å². The lowest BCUT2D eigenvalue weighted by Crippen LogP contribution is -2.37. The van der Waals surface area contributed by atoms with Gasteiger partial charge in [-0.3, -0.25) is 9.88 Å². The van der Waals surface area contributed by atoms with Crippen molar-refractivity contribution in [1.29, 1.82) is 0 Å². The highest BCUT2D eigenvalue weighted by Gasteiger charge is 2.29. The highest BCUT2D eigenvalue weighted by Crippen LogP contribution is 2.32. The molecule has 5 nitrogen and oxygen atoms in total. The maximum atomic E-state index is 4.54. The number of aryl methyl sites for hydroxylation is 1. The Bertz CT molecular complexity index is 1070. The highest BCUT2D eigenvalue weighted by atomic mass is 15.3. The van der Waals surface area contributed by atoms with Gasteiger partial charge < -0.3 is 4.57 Å². The second-order valence-electron chi connectivity index (χ2n) is 7.42. The van der Waals surface area contributed by atoms with Crippen molar-refractivity contribution in [3.05, 3.63) is 102 Å². The van der Waals surface area contributed by atoms with Gasteiger partial charge in [-0.1, -0.05) is 60.7 Å². The third-order valence-electron chi connectivity index (χ3n) is 5.63. The molecule has 144 valence electrons. The van der Waals surface area contributed by atoms with Crippen LogP contribution in [0.2, 0.25) is 0 Å². The minimum Gasteiger partial charge on any atom is -0.309 e. The van der Waals surface area contributed by atoms with Crippen molar-refractivity contribution < 1.29 is 0 Å². The van der Waals surface area contributed by atoms with E-state index in [1.54, 1.807) is 0 Å². The monoisotopic (exact) mass is 381 g/mol. The number of pyridine rings is 1. The molecule has 0 saturated heterocycles. The van der Waals surface area contributed by atoms with Gasteiger partial charge in [0.05, 0.1) is 12.6 Å². The first-order valence-corrected chi connectivity index (χ1v) is 9.99. The Balaban J connectivity index is 1.50. The van der Waals surface area contributed by atoms with E-state index in [0.29, 0.717) is 0 Å². The quantitative estimate of drug-likeness (QED) is 0.530.